The lowest BCUT2D eigenvalue weighted by Crippen LogP contribution is -2.25. The number of hydrogen-bond acceptors (Lipinski definition) is 4. The summed E-state index contributed by atoms with van der Waals surface area (Å²) in [5, 5.41) is 0. The van der Waals surface area contributed by atoms with Gasteiger partial charge >= 0.3 is 0 Å². The van der Waals surface area contributed by atoms with Gasteiger partial charge in [0, 0.05) is 20.2 Å². The maximum atomic E-state index is 5.60. The Balaban J connectivity index is 0. The van der Waals surface area contributed by atoms with Crippen molar-refractivity contribution in [1.82, 2.24) is 4.98 Å². The lowest BCUT2D eigenvalue weighted by molar-refractivity contribution is 0.0397. The molecule has 0 radical (unpaired) electrons. The largest absolute Gasteiger partial charge is 0.384 e. The Bertz CT molecular complexity index is 402. The van der Waals surface area contributed by atoms with Crippen LogP contribution in [0.25, 0.3) is 0 Å². The Hall–Kier alpha value is -1.55. The molecule has 0 amide bonds. The molecule has 25 heavy (non-hydrogen) atoms. The van der Waals surface area contributed by atoms with Crippen molar-refractivity contribution in [2.45, 2.75) is 72.8 Å². The molecule has 4 heteroatoms. The second kappa shape index (κ2) is 15.9. The van der Waals surface area contributed by atoms with Crippen molar-refractivity contribution in [3.63, 3.8) is 0 Å². The first-order valence-corrected chi connectivity index (χ1v) is 9.34. The van der Waals surface area contributed by atoms with Crippen LogP contribution in [-0.2, 0) is 4.74 Å². The highest BCUT2D eigenvalue weighted by molar-refractivity contribution is 5.47. The summed E-state index contributed by atoms with van der Waals surface area (Å²) in [4.78, 5) is 6.55. The number of nitrogens with two attached hydrogens (primary N) is 1. The molecule has 1 aromatic rings. The summed E-state index contributed by atoms with van der Waals surface area (Å²) in [6.45, 7) is 18.0. The second-order valence-corrected chi connectivity index (χ2v) is 6.86. The minimum atomic E-state index is 0.0417. The Kier molecular flexibility index (Phi) is 16.4. The van der Waals surface area contributed by atoms with E-state index in [0.29, 0.717) is 5.82 Å². The fourth-order valence-corrected chi connectivity index (χ4v) is 1.65. The van der Waals surface area contributed by atoms with Gasteiger partial charge in [-0.25, -0.2) is 4.98 Å². The first-order valence-electron chi connectivity index (χ1n) is 9.34. The van der Waals surface area contributed by atoms with Crippen molar-refractivity contribution < 1.29 is 4.74 Å². The van der Waals surface area contributed by atoms with Gasteiger partial charge in [-0.05, 0) is 52.7 Å². The molecule has 0 aliphatic heterocycles. The van der Waals surface area contributed by atoms with Gasteiger partial charge in [0.15, 0.2) is 0 Å². The van der Waals surface area contributed by atoms with E-state index in [4.69, 9.17) is 10.5 Å². The molecule has 0 atom stereocenters. The van der Waals surface area contributed by atoms with E-state index >= 15 is 0 Å². The van der Waals surface area contributed by atoms with Gasteiger partial charge in [0.2, 0.25) is 0 Å². The molecule has 0 spiro atoms. The standard InChI is InChI=1S/C13H23N3.C5H12O.C3H6/c1-3-5-9-16(10-6-4-2)12-7-8-13(14)15-11-12;1-5(2,3)6-4;1-3-2/h7-8,11H,3-6,9-10H2,1-2H3,(H2,14,15);1-4H3;3H,1H2,2H3. The number of pyridine rings is 1. The van der Waals surface area contributed by atoms with Gasteiger partial charge in [0.05, 0.1) is 17.5 Å². The summed E-state index contributed by atoms with van der Waals surface area (Å²) in [5.41, 5.74) is 6.83. The molecule has 1 aromatic heterocycles. The molecule has 0 unspecified atom stereocenters. The molecule has 0 aliphatic rings. The minimum absolute atomic E-state index is 0.0417. The van der Waals surface area contributed by atoms with Crippen LogP contribution in [0.3, 0.4) is 0 Å². The molecule has 1 rings (SSSR count). The van der Waals surface area contributed by atoms with E-state index in [1.807, 2.05) is 40.0 Å². The van der Waals surface area contributed by atoms with E-state index in [9.17, 15) is 0 Å². The first-order chi connectivity index (χ1) is 11.7. The van der Waals surface area contributed by atoms with Gasteiger partial charge in [-0.2, -0.15) is 0 Å². The van der Waals surface area contributed by atoms with E-state index in [-0.39, 0.29) is 5.60 Å². The molecule has 0 saturated carbocycles. The van der Waals surface area contributed by atoms with Crippen LogP contribution in [0.4, 0.5) is 11.5 Å². The van der Waals surface area contributed by atoms with E-state index < -0.39 is 0 Å². The van der Waals surface area contributed by atoms with Crippen LogP contribution in [0.1, 0.15) is 67.2 Å². The van der Waals surface area contributed by atoms with Crippen LogP contribution in [0.15, 0.2) is 31.0 Å². The molecule has 4 nitrogen and oxygen atoms in total. The number of ether oxygens (including phenoxy) is 1. The zero-order valence-corrected chi connectivity index (χ0v) is 17.6. The van der Waals surface area contributed by atoms with Gasteiger partial charge in [-0.1, -0.05) is 32.8 Å². The highest BCUT2D eigenvalue weighted by Gasteiger charge is 2.05. The topological polar surface area (TPSA) is 51.4 Å². The number of nitrogens with zero attached hydrogens (tertiary/aromatic N) is 2. The maximum absolute atomic E-state index is 5.60. The number of nitrogen functional groups attached to an aromatic ring is 1. The van der Waals surface area contributed by atoms with Gasteiger partial charge in [0.25, 0.3) is 0 Å². The SMILES string of the molecule is C=CC.CCCCN(CCCC)c1ccc(N)nc1.COC(C)(C)C. The summed E-state index contributed by atoms with van der Waals surface area (Å²) in [7, 11) is 1.71. The summed E-state index contributed by atoms with van der Waals surface area (Å²) < 4.78 is 4.94. The first kappa shape index (κ1) is 25.7. The Morgan fingerprint density at radius 2 is 1.60 bits per heavy atom. The molecule has 146 valence electrons. The molecule has 0 saturated heterocycles. The molecule has 1 heterocycles. The molecule has 0 bridgehead atoms. The molecule has 0 aliphatic carbocycles. The van der Waals surface area contributed by atoms with E-state index in [2.05, 4.69) is 36.4 Å². The Morgan fingerprint density at radius 1 is 1.16 bits per heavy atom. The zero-order chi connectivity index (χ0) is 19.7. The number of rotatable bonds is 7. The van der Waals surface area contributed by atoms with Crippen LogP contribution in [0.2, 0.25) is 0 Å². The van der Waals surface area contributed by atoms with Crippen molar-refractivity contribution in [3.05, 3.63) is 31.0 Å². The second-order valence-electron chi connectivity index (χ2n) is 6.86. The van der Waals surface area contributed by atoms with Crippen LogP contribution in [0.5, 0.6) is 0 Å². The van der Waals surface area contributed by atoms with Crippen molar-refractivity contribution in [2.75, 3.05) is 30.8 Å². The predicted octanol–water partition coefficient (Wildman–Crippen LogP) is 5.69. The molecule has 2 N–H and O–H groups in total. The maximum Gasteiger partial charge on any atom is 0.123 e. The quantitative estimate of drug-likeness (QED) is 0.641. The van der Waals surface area contributed by atoms with Crippen molar-refractivity contribution in [3.8, 4) is 0 Å². The third kappa shape index (κ3) is 17.1. The fraction of sp³-hybridized carbons (Fsp3) is 0.667. The normalized spacial score (nSPS) is 10.0. The Morgan fingerprint density at radius 3 is 1.88 bits per heavy atom. The van der Waals surface area contributed by atoms with Gasteiger partial charge < -0.3 is 15.4 Å². The van der Waals surface area contributed by atoms with Crippen LogP contribution in [0, 0.1) is 0 Å². The lowest BCUT2D eigenvalue weighted by Gasteiger charge is -2.24. The number of methoxy groups -OCH3 is 1. The van der Waals surface area contributed by atoms with Gasteiger partial charge in [-0.3, -0.25) is 0 Å². The van der Waals surface area contributed by atoms with Gasteiger partial charge in [0.1, 0.15) is 5.82 Å². The van der Waals surface area contributed by atoms with E-state index in [1.54, 1.807) is 13.2 Å². The number of hydrogen-bond donors (Lipinski definition) is 1. The predicted molar refractivity (Wildman–Crippen MR) is 113 cm³/mol. The van der Waals surface area contributed by atoms with Crippen molar-refractivity contribution in [2.24, 2.45) is 0 Å². The fourth-order valence-electron chi connectivity index (χ4n) is 1.65. The third-order valence-corrected chi connectivity index (χ3v) is 3.31. The average Bonchev–Trinajstić information content (AvgIpc) is 2.57. The molecular weight excluding hydrogens is 310 g/mol. The molecular formula is C21H41N3O. The van der Waals surface area contributed by atoms with E-state index in [1.165, 1.54) is 31.4 Å². The average molecular weight is 352 g/mol. The Labute approximate surface area is 156 Å². The zero-order valence-electron chi connectivity index (χ0n) is 17.6. The molecule has 0 aromatic carbocycles. The lowest BCUT2D eigenvalue weighted by atomic mass is 10.2. The smallest absolute Gasteiger partial charge is 0.123 e. The van der Waals surface area contributed by atoms with Crippen LogP contribution >= 0.6 is 0 Å². The summed E-state index contributed by atoms with van der Waals surface area (Å²) >= 11 is 0. The minimum Gasteiger partial charge on any atom is -0.384 e. The number of anilines is 2. The highest BCUT2D eigenvalue weighted by Crippen LogP contribution is 2.15. The highest BCUT2D eigenvalue weighted by atomic mass is 16.5. The summed E-state index contributed by atoms with van der Waals surface area (Å²) in [6, 6.07) is 3.94. The monoisotopic (exact) mass is 351 g/mol. The van der Waals surface area contributed by atoms with Crippen LogP contribution in [-0.4, -0.2) is 30.8 Å². The van der Waals surface area contributed by atoms with Crippen LogP contribution < -0.4 is 10.6 Å². The molecule has 0 fully saturated rings. The summed E-state index contributed by atoms with van der Waals surface area (Å²) in [5.74, 6) is 0.592. The van der Waals surface area contributed by atoms with Crippen molar-refractivity contribution >= 4 is 11.5 Å². The third-order valence-electron chi connectivity index (χ3n) is 3.31. The number of unbranched alkanes of at least 4 members (excludes halogenated alkanes) is 2. The summed E-state index contributed by atoms with van der Waals surface area (Å²) in [6.07, 6.45) is 8.54. The number of aromatic nitrogens is 1. The number of allylic oxidation sites excluding steroid dienone is 1. The van der Waals surface area contributed by atoms with Crippen molar-refractivity contribution in [1.29, 1.82) is 0 Å². The van der Waals surface area contributed by atoms with E-state index in [0.717, 1.165) is 13.1 Å². The van der Waals surface area contributed by atoms with Gasteiger partial charge in [-0.15, -0.1) is 6.58 Å².